The molecular formula is C44H28N2. The van der Waals surface area contributed by atoms with E-state index in [0.717, 1.165) is 33.0 Å². The van der Waals surface area contributed by atoms with Gasteiger partial charge in [0, 0.05) is 46.7 Å². The molecule has 2 heterocycles. The van der Waals surface area contributed by atoms with Crippen LogP contribution in [0.4, 0.5) is 0 Å². The molecular weight excluding hydrogens is 556 g/mol. The van der Waals surface area contributed by atoms with Crippen LogP contribution >= 0.6 is 0 Å². The van der Waals surface area contributed by atoms with E-state index < -0.39 is 0 Å². The summed E-state index contributed by atoms with van der Waals surface area (Å²) in [6.07, 6.45) is 7.88. The Hall–Kier alpha value is -6.12. The predicted molar refractivity (Wildman–Crippen MR) is 194 cm³/mol. The molecule has 0 bridgehead atoms. The number of rotatable bonds is 4. The minimum absolute atomic E-state index is 1.14. The predicted octanol–water partition coefficient (Wildman–Crippen LogP) is 11.8. The van der Waals surface area contributed by atoms with Crippen LogP contribution in [0, 0.1) is 0 Å². The zero-order valence-electron chi connectivity index (χ0n) is 25.1. The fourth-order valence-corrected chi connectivity index (χ4v) is 7.09. The standard InChI is InChI=1S/C44H28N2/c1-3-11-29(12-4-1)43-37-21-19-32(42-28-46-26-34-16-8-10-18-36(34)42)24-40(37)44(30-13-5-2-6-14-30)38-22-20-31(23-39(38)43)41-27-45-25-33-15-7-9-17-35(33)41/h1-28H. The Morgan fingerprint density at radius 3 is 1.15 bits per heavy atom. The lowest BCUT2D eigenvalue weighted by Crippen LogP contribution is -1.93. The molecule has 0 unspecified atom stereocenters. The lowest BCUT2D eigenvalue weighted by atomic mass is 9.83. The molecule has 46 heavy (non-hydrogen) atoms. The maximum Gasteiger partial charge on any atom is 0.0352 e. The fraction of sp³-hybridized carbons (Fsp3) is 0. The van der Waals surface area contributed by atoms with Gasteiger partial charge in [0.15, 0.2) is 0 Å². The van der Waals surface area contributed by atoms with Gasteiger partial charge in [0.25, 0.3) is 0 Å². The van der Waals surface area contributed by atoms with Gasteiger partial charge in [0.2, 0.25) is 0 Å². The molecule has 0 amide bonds. The van der Waals surface area contributed by atoms with Crippen molar-refractivity contribution >= 4 is 43.1 Å². The third-order valence-corrected chi connectivity index (χ3v) is 9.20. The number of fused-ring (bicyclic) bond motifs is 4. The van der Waals surface area contributed by atoms with Gasteiger partial charge in [-0.1, -0.05) is 133 Å². The van der Waals surface area contributed by atoms with E-state index in [4.69, 9.17) is 0 Å². The van der Waals surface area contributed by atoms with Crippen molar-refractivity contribution in [1.82, 2.24) is 9.97 Å². The second kappa shape index (κ2) is 10.8. The van der Waals surface area contributed by atoms with Gasteiger partial charge >= 0.3 is 0 Å². The fourth-order valence-electron chi connectivity index (χ4n) is 7.09. The van der Waals surface area contributed by atoms with Crippen LogP contribution in [0.3, 0.4) is 0 Å². The SMILES string of the molecule is c1ccc(-c2c3ccc(-c4cncc5ccccc45)cc3c(-c3ccccc3)c3ccc(-c4cncc5ccccc45)cc23)cc1. The maximum atomic E-state index is 4.62. The van der Waals surface area contributed by atoms with Crippen LogP contribution in [-0.4, -0.2) is 9.97 Å². The first kappa shape index (κ1) is 26.3. The van der Waals surface area contributed by atoms with E-state index in [1.165, 1.54) is 54.6 Å². The Morgan fingerprint density at radius 1 is 0.283 bits per heavy atom. The smallest absolute Gasteiger partial charge is 0.0352 e. The molecule has 7 aromatic carbocycles. The van der Waals surface area contributed by atoms with Crippen LogP contribution in [0.15, 0.2) is 170 Å². The summed E-state index contributed by atoms with van der Waals surface area (Å²) in [4.78, 5) is 9.24. The number of pyridine rings is 2. The second-order valence-corrected chi connectivity index (χ2v) is 11.8. The average Bonchev–Trinajstić information content (AvgIpc) is 3.13. The van der Waals surface area contributed by atoms with Gasteiger partial charge in [-0.3, -0.25) is 9.97 Å². The molecule has 0 fully saturated rings. The molecule has 0 aliphatic heterocycles. The van der Waals surface area contributed by atoms with Crippen molar-refractivity contribution in [2.75, 3.05) is 0 Å². The van der Waals surface area contributed by atoms with Crippen LogP contribution in [-0.2, 0) is 0 Å². The zero-order chi connectivity index (χ0) is 30.5. The third-order valence-electron chi connectivity index (χ3n) is 9.20. The number of hydrogen-bond donors (Lipinski definition) is 0. The molecule has 0 spiro atoms. The molecule has 214 valence electrons. The van der Waals surface area contributed by atoms with E-state index in [-0.39, 0.29) is 0 Å². The minimum atomic E-state index is 1.14. The molecule has 0 saturated heterocycles. The summed E-state index contributed by atoms with van der Waals surface area (Å²) < 4.78 is 0. The molecule has 2 nitrogen and oxygen atoms in total. The van der Waals surface area contributed by atoms with Crippen LogP contribution in [0.5, 0.6) is 0 Å². The largest absolute Gasteiger partial charge is 0.263 e. The summed E-state index contributed by atoms with van der Waals surface area (Å²) >= 11 is 0. The summed E-state index contributed by atoms with van der Waals surface area (Å²) in [5, 5.41) is 9.59. The third kappa shape index (κ3) is 4.27. The van der Waals surface area contributed by atoms with E-state index in [1.54, 1.807) is 0 Å². The van der Waals surface area contributed by atoms with Crippen molar-refractivity contribution in [3.63, 3.8) is 0 Å². The Bertz CT molecular complexity index is 2380. The van der Waals surface area contributed by atoms with Crippen molar-refractivity contribution in [2.24, 2.45) is 0 Å². The topological polar surface area (TPSA) is 25.8 Å². The molecule has 2 heteroatoms. The Morgan fingerprint density at radius 2 is 0.696 bits per heavy atom. The van der Waals surface area contributed by atoms with Crippen molar-refractivity contribution in [3.05, 3.63) is 170 Å². The first-order chi connectivity index (χ1) is 22.8. The Balaban J connectivity index is 1.41. The first-order valence-electron chi connectivity index (χ1n) is 15.6. The molecule has 0 aliphatic rings. The summed E-state index contributed by atoms with van der Waals surface area (Å²) in [6.45, 7) is 0. The molecule has 0 saturated carbocycles. The Labute approximate surface area is 267 Å². The summed E-state index contributed by atoms with van der Waals surface area (Å²) in [5.41, 5.74) is 9.47. The molecule has 0 atom stereocenters. The number of hydrogen-bond acceptors (Lipinski definition) is 2. The van der Waals surface area contributed by atoms with Crippen molar-refractivity contribution in [2.45, 2.75) is 0 Å². The van der Waals surface area contributed by atoms with E-state index in [1.807, 2.05) is 24.8 Å². The lowest BCUT2D eigenvalue weighted by Gasteiger charge is -2.20. The van der Waals surface area contributed by atoms with Crippen LogP contribution < -0.4 is 0 Å². The summed E-state index contributed by atoms with van der Waals surface area (Å²) in [5.74, 6) is 0. The van der Waals surface area contributed by atoms with Gasteiger partial charge in [-0.05, 0) is 77.8 Å². The lowest BCUT2D eigenvalue weighted by molar-refractivity contribution is 1.36. The first-order valence-corrected chi connectivity index (χ1v) is 15.6. The molecule has 9 rings (SSSR count). The molecule has 2 aromatic heterocycles. The number of nitrogens with zero attached hydrogens (tertiary/aromatic N) is 2. The highest BCUT2D eigenvalue weighted by Gasteiger charge is 2.19. The number of benzene rings is 7. The normalized spacial score (nSPS) is 11.5. The van der Waals surface area contributed by atoms with Gasteiger partial charge < -0.3 is 0 Å². The highest BCUT2D eigenvalue weighted by atomic mass is 14.6. The number of aromatic nitrogens is 2. The average molecular weight is 585 g/mol. The molecule has 0 aliphatic carbocycles. The minimum Gasteiger partial charge on any atom is -0.263 e. The van der Waals surface area contributed by atoms with Gasteiger partial charge in [0.05, 0.1) is 0 Å². The highest BCUT2D eigenvalue weighted by molar-refractivity contribution is 6.23. The van der Waals surface area contributed by atoms with Gasteiger partial charge in [-0.15, -0.1) is 0 Å². The monoisotopic (exact) mass is 584 g/mol. The Kier molecular flexibility index (Phi) is 6.17. The quantitative estimate of drug-likeness (QED) is 0.192. The molecule has 0 radical (unpaired) electrons. The van der Waals surface area contributed by atoms with Crippen molar-refractivity contribution in [1.29, 1.82) is 0 Å². The molecule has 0 N–H and O–H groups in total. The van der Waals surface area contributed by atoms with Crippen molar-refractivity contribution < 1.29 is 0 Å². The van der Waals surface area contributed by atoms with E-state index in [0.29, 0.717) is 0 Å². The van der Waals surface area contributed by atoms with Crippen LogP contribution in [0.1, 0.15) is 0 Å². The second-order valence-electron chi connectivity index (χ2n) is 11.8. The highest BCUT2D eigenvalue weighted by Crippen LogP contribution is 2.46. The summed E-state index contributed by atoms with van der Waals surface area (Å²) in [7, 11) is 0. The molecule has 9 aromatic rings. The summed E-state index contributed by atoms with van der Waals surface area (Å²) in [6, 6.07) is 52.5. The van der Waals surface area contributed by atoms with E-state index >= 15 is 0 Å². The zero-order valence-corrected chi connectivity index (χ0v) is 25.1. The van der Waals surface area contributed by atoms with Crippen LogP contribution in [0.2, 0.25) is 0 Å². The van der Waals surface area contributed by atoms with Gasteiger partial charge in [0.1, 0.15) is 0 Å². The van der Waals surface area contributed by atoms with E-state index in [9.17, 15) is 0 Å². The van der Waals surface area contributed by atoms with Gasteiger partial charge in [-0.25, -0.2) is 0 Å². The van der Waals surface area contributed by atoms with Crippen LogP contribution in [0.25, 0.3) is 87.6 Å². The van der Waals surface area contributed by atoms with E-state index in [2.05, 4.69) is 156 Å². The maximum absolute atomic E-state index is 4.62. The van der Waals surface area contributed by atoms with Gasteiger partial charge in [-0.2, -0.15) is 0 Å². The van der Waals surface area contributed by atoms with Crippen molar-refractivity contribution in [3.8, 4) is 44.5 Å².